The van der Waals surface area contributed by atoms with Crippen LogP contribution < -0.4 is 5.32 Å². The van der Waals surface area contributed by atoms with Crippen LogP contribution in [0.2, 0.25) is 4.34 Å². The highest BCUT2D eigenvalue weighted by Gasteiger charge is 2.11. The van der Waals surface area contributed by atoms with Gasteiger partial charge < -0.3 is 15.3 Å². The van der Waals surface area contributed by atoms with Gasteiger partial charge in [-0.05, 0) is 12.1 Å². The first-order chi connectivity index (χ1) is 7.54. The average molecular weight is 262 g/mol. The van der Waals surface area contributed by atoms with Crippen molar-refractivity contribution in [3.63, 3.8) is 0 Å². The third-order valence-corrected chi connectivity index (χ3v) is 3.34. The highest BCUT2D eigenvalue weighted by molar-refractivity contribution is 7.16. The Morgan fingerprint density at radius 3 is 2.75 bits per heavy atom. The van der Waals surface area contributed by atoms with Crippen LogP contribution in [0.5, 0.6) is 0 Å². The molecule has 0 aliphatic carbocycles. The zero-order valence-electron chi connectivity index (χ0n) is 9.57. The molecule has 1 atom stereocenters. The maximum Gasteiger partial charge on any atom is 0.193 e. The Labute approximate surface area is 105 Å². The third kappa shape index (κ3) is 3.66. The van der Waals surface area contributed by atoms with E-state index < -0.39 is 6.10 Å². The Kier molecular flexibility index (Phi) is 5.05. The molecule has 0 spiro atoms. The molecule has 1 unspecified atom stereocenters. The summed E-state index contributed by atoms with van der Waals surface area (Å²) in [4.78, 5) is 6.76. The third-order valence-electron chi connectivity index (χ3n) is 2.01. The molecule has 1 heterocycles. The van der Waals surface area contributed by atoms with Gasteiger partial charge in [-0.15, -0.1) is 11.3 Å². The van der Waals surface area contributed by atoms with E-state index in [-0.39, 0.29) is 0 Å². The molecule has 1 aromatic rings. The topological polar surface area (TPSA) is 47.9 Å². The monoisotopic (exact) mass is 261 g/mol. The van der Waals surface area contributed by atoms with Crippen LogP contribution in [0.15, 0.2) is 17.1 Å². The molecule has 90 valence electrons. The maximum absolute atomic E-state index is 9.88. The molecule has 4 nitrogen and oxygen atoms in total. The van der Waals surface area contributed by atoms with Crippen LogP contribution in [0, 0.1) is 0 Å². The lowest BCUT2D eigenvalue weighted by molar-refractivity contribution is 0.184. The van der Waals surface area contributed by atoms with Gasteiger partial charge in [-0.25, -0.2) is 0 Å². The zero-order chi connectivity index (χ0) is 12.1. The number of nitrogens with one attached hydrogen (secondary N) is 1. The van der Waals surface area contributed by atoms with Gasteiger partial charge in [-0.2, -0.15) is 0 Å². The Morgan fingerprint density at radius 1 is 1.62 bits per heavy atom. The van der Waals surface area contributed by atoms with E-state index >= 15 is 0 Å². The van der Waals surface area contributed by atoms with Gasteiger partial charge in [-0.1, -0.05) is 11.6 Å². The molecule has 0 bridgehead atoms. The van der Waals surface area contributed by atoms with Crippen molar-refractivity contribution in [2.45, 2.75) is 6.10 Å². The van der Waals surface area contributed by atoms with Crippen molar-refractivity contribution in [2.75, 3.05) is 27.7 Å². The normalized spacial score (nSPS) is 13.7. The number of thiophene rings is 1. The number of aliphatic hydroxyl groups is 1. The molecule has 2 N–H and O–H groups in total. The van der Waals surface area contributed by atoms with Gasteiger partial charge >= 0.3 is 0 Å². The van der Waals surface area contributed by atoms with E-state index in [0.29, 0.717) is 10.9 Å². The Morgan fingerprint density at radius 2 is 2.31 bits per heavy atom. The van der Waals surface area contributed by atoms with E-state index in [1.165, 1.54) is 11.3 Å². The molecule has 0 aliphatic heterocycles. The quantitative estimate of drug-likeness (QED) is 0.642. The van der Waals surface area contributed by atoms with Crippen molar-refractivity contribution in [1.29, 1.82) is 0 Å². The predicted molar refractivity (Wildman–Crippen MR) is 69.3 cm³/mol. The second kappa shape index (κ2) is 6.08. The molecule has 1 aromatic heterocycles. The van der Waals surface area contributed by atoms with E-state index in [1.54, 1.807) is 13.1 Å². The van der Waals surface area contributed by atoms with Gasteiger partial charge in [0.15, 0.2) is 5.96 Å². The zero-order valence-corrected chi connectivity index (χ0v) is 11.1. The summed E-state index contributed by atoms with van der Waals surface area (Å²) in [6, 6.07) is 3.61. The van der Waals surface area contributed by atoms with Crippen LogP contribution >= 0.6 is 22.9 Å². The lowest BCUT2D eigenvalue weighted by Crippen LogP contribution is -2.38. The minimum Gasteiger partial charge on any atom is -0.386 e. The molecule has 16 heavy (non-hydrogen) atoms. The minimum atomic E-state index is -0.561. The molecular formula is C10H16ClN3OS. The van der Waals surface area contributed by atoms with Gasteiger partial charge in [0.25, 0.3) is 0 Å². The van der Waals surface area contributed by atoms with Crippen LogP contribution in [0.1, 0.15) is 11.0 Å². The predicted octanol–water partition coefficient (Wildman–Crippen LogP) is 1.57. The van der Waals surface area contributed by atoms with Gasteiger partial charge in [0.2, 0.25) is 0 Å². The smallest absolute Gasteiger partial charge is 0.193 e. The molecule has 0 aliphatic rings. The summed E-state index contributed by atoms with van der Waals surface area (Å²) in [5.74, 6) is 0.738. The number of nitrogens with zero attached hydrogens (tertiary/aromatic N) is 2. The highest BCUT2D eigenvalue weighted by Crippen LogP contribution is 2.26. The molecule has 0 fully saturated rings. The highest BCUT2D eigenvalue weighted by atomic mass is 35.5. The summed E-state index contributed by atoms with van der Waals surface area (Å²) in [6.45, 7) is 0.418. The number of aliphatic hydroxyl groups excluding tert-OH is 1. The van der Waals surface area contributed by atoms with E-state index in [4.69, 9.17) is 11.6 Å². The second-order valence-electron chi connectivity index (χ2n) is 3.48. The van der Waals surface area contributed by atoms with Gasteiger partial charge in [0, 0.05) is 32.6 Å². The molecule has 0 saturated carbocycles. The Balaban J connectivity index is 2.50. The van der Waals surface area contributed by atoms with Gasteiger partial charge in [-0.3, -0.25) is 4.99 Å². The first-order valence-corrected chi connectivity index (χ1v) is 6.05. The summed E-state index contributed by atoms with van der Waals surface area (Å²) in [5.41, 5.74) is 0. The fraction of sp³-hybridized carbons (Fsp3) is 0.500. The number of guanidine groups is 1. The van der Waals surface area contributed by atoms with Crippen LogP contribution in [0.4, 0.5) is 0 Å². The first kappa shape index (κ1) is 13.3. The summed E-state index contributed by atoms with van der Waals surface area (Å²) in [5, 5.41) is 12.9. The fourth-order valence-electron chi connectivity index (χ4n) is 1.23. The van der Waals surface area contributed by atoms with E-state index in [2.05, 4.69) is 10.3 Å². The fourth-order valence-corrected chi connectivity index (χ4v) is 2.28. The van der Waals surface area contributed by atoms with Crippen molar-refractivity contribution in [2.24, 2.45) is 4.99 Å². The van der Waals surface area contributed by atoms with Crippen LogP contribution in [0.25, 0.3) is 0 Å². The lowest BCUT2D eigenvalue weighted by atomic mass is 10.3. The van der Waals surface area contributed by atoms with Crippen molar-refractivity contribution < 1.29 is 5.11 Å². The van der Waals surface area contributed by atoms with Crippen LogP contribution in [0.3, 0.4) is 0 Å². The number of hydrogen-bond acceptors (Lipinski definition) is 3. The number of hydrogen-bond donors (Lipinski definition) is 2. The van der Waals surface area contributed by atoms with Crippen molar-refractivity contribution in [3.8, 4) is 0 Å². The van der Waals surface area contributed by atoms with Crippen LogP contribution in [-0.4, -0.2) is 43.7 Å². The molecule has 1 rings (SSSR count). The molecule has 6 heteroatoms. The second-order valence-corrected chi connectivity index (χ2v) is 5.23. The molecule has 0 aromatic carbocycles. The summed E-state index contributed by atoms with van der Waals surface area (Å²) < 4.78 is 0.686. The van der Waals surface area contributed by atoms with E-state index in [0.717, 1.165) is 10.8 Å². The average Bonchev–Trinajstić information content (AvgIpc) is 2.65. The van der Waals surface area contributed by atoms with Crippen molar-refractivity contribution in [1.82, 2.24) is 10.2 Å². The minimum absolute atomic E-state index is 0.418. The summed E-state index contributed by atoms with van der Waals surface area (Å²) >= 11 is 7.19. The lowest BCUT2D eigenvalue weighted by Gasteiger charge is -2.18. The summed E-state index contributed by atoms with van der Waals surface area (Å²) in [6.07, 6.45) is -0.561. The molecular weight excluding hydrogens is 246 g/mol. The molecule has 0 radical (unpaired) electrons. The first-order valence-electron chi connectivity index (χ1n) is 4.86. The van der Waals surface area contributed by atoms with Gasteiger partial charge in [0.05, 0.1) is 4.34 Å². The van der Waals surface area contributed by atoms with E-state index in [9.17, 15) is 5.11 Å². The van der Waals surface area contributed by atoms with Crippen LogP contribution in [-0.2, 0) is 0 Å². The van der Waals surface area contributed by atoms with Crippen molar-refractivity contribution >= 4 is 28.9 Å². The molecule has 0 saturated heterocycles. The number of rotatable bonds is 3. The van der Waals surface area contributed by atoms with E-state index in [1.807, 2.05) is 25.1 Å². The Bertz CT molecular complexity index is 365. The molecule has 0 amide bonds. The Hall–Kier alpha value is -0.780. The number of halogens is 1. The SMILES string of the molecule is CN=C(NCC(O)c1ccc(Cl)s1)N(C)C. The summed E-state index contributed by atoms with van der Waals surface area (Å²) in [7, 11) is 5.49. The number of aliphatic imine (C=N–C) groups is 1. The largest absolute Gasteiger partial charge is 0.386 e. The van der Waals surface area contributed by atoms with Gasteiger partial charge in [0.1, 0.15) is 6.10 Å². The maximum atomic E-state index is 9.88. The van der Waals surface area contributed by atoms with Crippen molar-refractivity contribution in [3.05, 3.63) is 21.3 Å². The standard InChI is InChI=1S/C10H16ClN3OS/c1-12-10(14(2)3)13-6-7(15)8-4-5-9(11)16-8/h4-5,7,15H,6H2,1-3H3,(H,12,13).